The molecular weight excluding hydrogens is 300 g/mol. The van der Waals surface area contributed by atoms with Gasteiger partial charge < -0.3 is 15.7 Å². The lowest BCUT2D eigenvalue weighted by atomic mass is 10.1. The first-order valence-electron chi connectivity index (χ1n) is 8.40. The summed E-state index contributed by atoms with van der Waals surface area (Å²) in [7, 11) is 0. The molecule has 0 radical (unpaired) electrons. The average Bonchev–Trinajstić information content (AvgIpc) is 2.82. The second-order valence-electron chi connectivity index (χ2n) is 6.59. The summed E-state index contributed by atoms with van der Waals surface area (Å²) in [5.41, 5.74) is 5.80. The van der Waals surface area contributed by atoms with E-state index in [1.54, 1.807) is 0 Å². The van der Waals surface area contributed by atoms with Crippen LogP contribution in [0.1, 0.15) is 33.9 Å². The van der Waals surface area contributed by atoms with Crippen LogP contribution in [0.15, 0.2) is 42.5 Å². The third-order valence-corrected chi connectivity index (χ3v) is 4.47. The molecule has 2 amide bonds. The summed E-state index contributed by atoms with van der Waals surface area (Å²) in [6.07, 6.45) is 0.816. The average molecular weight is 324 g/mol. The van der Waals surface area contributed by atoms with E-state index >= 15 is 0 Å². The highest BCUT2D eigenvalue weighted by atomic mass is 16.3. The van der Waals surface area contributed by atoms with Crippen LogP contribution < -0.4 is 10.6 Å². The number of hydrogen-bond donors (Lipinski definition) is 3. The summed E-state index contributed by atoms with van der Waals surface area (Å²) in [6, 6.07) is 13.7. The molecule has 4 heteroatoms. The molecule has 2 aromatic rings. The van der Waals surface area contributed by atoms with E-state index in [0.717, 1.165) is 17.5 Å². The highest BCUT2D eigenvalue weighted by Gasteiger charge is 2.31. The molecule has 3 N–H and O–H groups in total. The lowest BCUT2D eigenvalue weighted by Gasteiger charge is -2.18. The summed E-state index contributed by atoms with van der Waals surface area (Å²) in [5, 5.41) is 16.0. The van der Waals surface area contributed by atoms with E-state index in [1.807, 2.05) is 24.3 Å². The van der Waals surface area contributed by atoms with Gasteiger partial charge in [0.05, 0.1) is 12.1 Å². The molecular formula is C20H24N2O2. The Labute approximate surface area is 142 Å². The predicted molar refractivity (Wildman–Crippen MR) is 95.0 cm³/mol. The molecule has 2 aromatic carbocycles. The number of aliphatic hydroxyl groups is 1. The lowest BCUT2D eigenvalue weighted by Crippen LogP contribution is -2.41. The number of urea groups is 1. The van der Waals surface area contributed by atoms with Crippen molar-refractivity contribution < 1.29 is 9.90 Å². The fourth-order valence-corrected chi connectivity index (χ4v) is 3.47. The maximum Gasteiger partial charge on any atom is 0.315 e. The van der Waals surface area contributed by atoms with E-state index in [0.29, 0.717) is 13.0 Å². The van der Waals surface area contributed by atoms with E-state index in [-0.39, 0.29) is 12.1 Å². The normalized spacial score (nSPS) is 19.0. The van der Waals surface area contributed by atoms with Crippen molar-refractivity contribution in [2.24, 2.45) is 0 Å². The molecule has 0 fully saturated rings. The number of carbonyl (C=O) groups excluding carboxylic acids is 1. The van der Waals surface area contributed by atoms with Crippen LogP contribution in [0.3, 0.4) is 0 Å². The van der Waals surface area contributed by atoms with E-state index < -0.39 is 6.10 Å². The second-order valence-corrected chi connectivity index (χ2v) is 6.59. The highest BCUT2D eigenvalue weighted by Crippen LogP contribution is 2.30. The molecule has 0 unspecified atom stereocenters. The van der Waals surface area contributed by atoms with Crippen LogP contribution in [0.2, 0.25) is 0 Å². The molecule has 4 nitrogen and oxygen atoms in total. The summed E-state index contributed by atoms with van der Waals surface area (Å²) in [4.78, 5) is 12.1. The zero-order chi connectivity index (χ0) is 17.1. The number of aliphatic hydroxyl groups excluding tert-OH is 1. The predicted octanol–water partition coefficient (Wildman–Crippen LogP) is 2.80. The monoisotopic (exact) mass is 324 g/mol. The van der Waals surface area contributed by atoms with Crippen molar-refractivity contribution in [1.29, 1.82) is 0 Å². The molecule has 3 rings (SSSR count). The standard InChI is InChI=1S/C20H24N2O2/c1-13-9-14(2)11-15(10-13)7-8-21-20(24)22-19-17-6-4-3-5-16(17)12-18(19)23/h3-6,9-11,18-19,23H,7-8,12H2,1-2H3,(H2,21,22,24)/t18-,19+/m0/s1. The van der Waals surface area contributed by atoms with Crippen molar-refractivity contribution in [2.45, 2.75) is 38.8 Å². The zero-order valence-electron chi connectivity index (χ0n) is 14.2. The van der Waals surface area contributed by atoms with Gasteiger partial charge in [0, 0.05) is 13.0 Å². The first-order chi connectivity index (χ1) is 11.5. The van der Waals surface area contributed by atoms with Crippen LogP contribution in [0.4, 0.5) is 4.79 Å². The molecule has 0 saturated heterocycles. The van der Waals surface area contributed by atoms with Crippen LogP contribution in [0.25, 0.3) is 0 Å². The lowest BCUT2D eigenvalue weighted by molar-refractivity contribution is 0.142. The maximum absolute atomic E-state index is 12.1. The van der Waals surface area contributed by atoms with Crippen LogP contribution in [-0.2, 0) is 12.8 Å². The SMILES string of the molecule is Cc1cc(C)cc(CCNC(=O)N[C@@H]2c3ccccc3C[C@@H]2O)c1. The Morgan fingerprint density at radius 1 is 1.17 bits per heavy atom. The number of amides is 2. The van der Waals surface area contributed by atoms with Crippen molar-refractivity contribution in [3.05, 3.63) is 70.3 Å². The van der Waals surface area contributed by atoms with Crippen molar-refractivity contribution in [3.63, 3.8) is 0 Å². The van der Waals surface area contributed by atoms with Gasteiger partial charge in [-0.25, -0.2) is 4.79 Å². The Morgan fingerprint density at radius 2 is 1.88 bits per heavy atom. The quantitative estimate of drug-likeness (QED) is 0.810. The smallest absolute Gasteiger partial charge is 0.315 e. The number of fused-ring (bicyclic) bond motifs is 1. The molecule has 1 aliphatic carbocycles. The molecule has 0 aromatic heterocycles. The molecule has 2 atom stereocenters. The van der Waals surface area contributed by atoms with Gasteiger partial charge >= 0.3 is 6.03 Å². The third kappa shape index (κ3) is 3.77. The molecule has 0 heterocycles. The Kier molecular flexibility index (Phi) is 4.86. The Balaban J connectivity index is 1.53. The van der Waals surface area contributed by atoms with Gasteiger partial charge in [-0.1, -0.05) is 53.6 Å². The van der Waals surface area contributed by atoms with Crippen LogP contribution in [0.5, 0.6) is 0 Å². The largest absolute Gasteiger partial charge is 0.390 e. The summed E-state index contributed by atoms with van der Waals surface area (Å²) in [6.45, 7) is 4.73. The number of benzene rings is 2. The van der Waals surface area contributed by atoms with Gasteiger partial charge in [-0.2, -0.15) is 0 Å². The summed E-state index contributed by atoms with van der Waals surface area (Å²) < 4.78 is 0. The minimum absolute atomic E-state index is 0.236. The first kappa shape index (κ1) is 16.5. The molecule has 126 valence electrons. The van der Waals surface area contributed by atoms with Gasteiger partial charge in [0.15, 0.2) is 0 Å². The number of carbonyl (C=O) groups is 1. The van der Waals surface area contributed by atoms with Crippen LogP contribution >= 0.6 is 0 Å². The van der Waals surface area contributed by atoms with Gasteiger partial charge in [-0.3, -0.25) is 0 Å². The van der Waals surface area contributed by atoms with Gasteiger partial charge in [0.2, 0.25) is 0 Å². The Bertz CT molecular complexity index is 722. The Hall–Kier alpha value is -2.33. The number of nitrogens with one attached hydrogen (secondary N) is 2. The topological polar surface area (TPSA) is 61.4 Å². The minimum atomic E-state index is -0.562. The summed E-state index contributed by atoms with van der Waals surface area (Å²) >= 11 is 0. The van der Waals surface area contributed by atoms with E-state index in [4.69, 9.17) is 0 Å². The maximum atomic E-state index is 12.1. The fourth-order valence-electron chi connectivity index (χ4n) is 3.47. The van der Waals surface area contributed by atoms with Crippen molar-refractivity contribution >= 4 is 6.03 Å². The van der Waals surface area contributed by atoms with E-state index in [9.17, 15) is 9.90 Å². The zero-order valence-corrected chi connectivity index (χ0v) is 14.2. The van der Waals surface area contributed by atoms with Crippen molar-refractivity contribution in [2.75, 3.05) is 6.54 Å². The minimum Gasteiger partial charge on any atom is -0.390 e. The van der Waals surface area contributed by atoms with Gasteiger partial charge in [-0.15, -0.1) is 0 Å². The molecule has 0 spiro atoms. The molecule has 0 saturated carbocycles. The van der Waals surface area contributed by atoms with Crippen LogP contribution in [0, 0.1) is 13.8 Å². The van der Waals surface area contributed by atoms with Crippen molar-refractivity contribution in [3.8, 4) is 0 Å². The fraction of sp³-hybridized carbons (Fsp3) is 0.350. The van der Waals surface area contributed by atoms with Gasteiger partial charge in [0.1, 0.15) is 0 Å². The van der Waals surface area contributed by atoms with Gasteiger partial charge in [0.25, 0.3) is 0 Å². The van der Waals surface area contributed by atoms with Crippen LogP contribution in [-0.4, -0.2) is 23.8 Å². The highest BCUT2D eigenvalue weighted by molar-refractivity contribution is 5.74. The van der Waals surface area contributed by atoms with Gasteiger partial charge in [-0.05, 0) is 37.0 Å². The summed E-state index contributed by atoms with van der Waals surface area (Å²) in [5.74, 6) is 0. The third-order valence-electron chi connectivity index (χ3n) is 4.47. The first-order valence-corrected chi connectivity index (χ1v) is 8.40. The molecule has 0 bridgehead atoms. The number of hydrogen-bond acceptors (Lipinski definition) is 2. The molecule has 0 aliphatic heterocycles. The molecule has 1 aliphatic rings. The van der Waals surface area contributed by atoms with Crippen molar-refractivity contribution in [1.82, 2.24) is 10.6 Å². The molecule has 24 heavy (non-hydrogen) atoms. The Morgan fingerprint density at radius 3 is 2.62 bits per heavy atom. The van der Waals surface area contributed by atoms with E-state index in [1.165, 1.54) is 16.7 Å². The second kappa shape index (κ2) is 7.05. The number of rotatable bonds is 4. The van der Waals surface area contributed by atoms with E-state index in [2.05, 4.69) is 42.7 Å². The number of aryl methyl sites for hydroxylation is 2.